The van der Waals surface area contributed by atoms with Gasteiger partial charge in [-0.25, -0.2) is 13.8 Å². The van der Waals surface area contributed by atoms with Crippen LogP contribution >= 0.6 is 7.75 Å². The Kier molecular flexibility index (Phi) is 8.52. The maximum Gasteiger partial charge on any atom is 0.459 e. The Morgan fingerprint density at radius 2 is 1.94 bits per heavy atom. The van der Waals surface area contributed by atoms with E-state index in [0.717, 1.165) is 23.8 Å². The Balaban J connectivity index is 1.80. The summed E-state index contributed by atoms with van der Waals surface area (Å²) in [6, 6.07) is 7.86. The summed E-state index contributed by atoms with van der Waals surface area (Å²) in [5.41, 5.74) is -4.12. The van der Waals surface area contributed by atoms with Crippen LogP contribution in [0, 0.1) is 0 Å². The lowest BCUT2D eigenvalue weighted by Crippen LogP contribution is -2.43. The van der Waals surface area contributed by atoms with E-state index in [-0.39, 0.29) is 5.75 Å². The number of aromatic nitrogens is 2. The van der Waals surface area contributed by atoms with Crippen molar-refractivity contribution in [2.45, 2.75) is 63.9 Å². The van der Waals surface area contributed by atoms with E-state index in [2.05, 4.69) is 5.09 Å². The minimum absolute atomic E-state index is 0.152. The number of aromatic amines is 1. The van der Waals surface area contributed by atoms with Crippen molar-refractivity contribution in [3.05, 3.63) is 63.4 Å². The van der Waals surface area contributed by atoms with Crippen LogP contribution in [0.2, 0.25) is 0 Å². The van der Waals surface area contributed by atoms with E-state index >= 15 is 4.39 Å². The fourth-order valence-electron chi connectivity index (χ4n) is 3.47. The molecule has 6 atom stereocenters. The predicted molar refractivity (Wildman–Crippen MR) is 125 cm³/mol. The number of H-pyrrole nitrogens is 1. The predicted octanol–water partition coefficient (Wildman–Crippen LogP) is 1.66. The van der Waals surface area contributed by atoms with Gasteiger partial charge in [-0.1, -0.05) is 18.2 Å². The zero-order valence-corrected chi connectivity index (χ0v) is 21.0. The zero-order chi connectivity index (χ0) is 26.7. The van der Waals surface area contributed by atoms with Crippen LogP contribution in [0.3, 0.4) is 0 Å². The van der Waals surface area contributed by atoms with Crippen molar-refractivity contribution in [2.75, 3.05) is 6.61 Å². The Morgan fingerprint density at radius 3 is 2.56 bits per heavy atom. The molecular formula is C22H29FN3O9P. The first kappa shape index (κ1) is 27.8. The number of aliphatic hydroxyl groups is 1. The molecule has 0 amide bonds. The van der Waals surface area contributed by atoms with Crippen molar-refractivity contribution in [2.24, 2.45) is 0 Å². The number of carbonyl (C=O) groups excluding carboxylic acids is 1. The molecule has 2 aromatic rings. The average molecular weight is 529 g/mol. The van der Waals surface area contributed by atoms with Crippen LogP contribution in [0.15, 0.2) is 52.2 Å². The fraction of sp³-hybridized carbons (Fsp3) is 0.500. The van der Waals surface area contributed by atoms with E-state index in [9.17, 15) is 24.1 Å². The first-order valence-corrected chi connectivity index (χ1v) is 12.7. The Morgan fingerprint density at radius 1 is 1.28 bits per heavy atom. The SMILES string of the molecule is CC(C)OC(=O)[C@@H](C)N[P@@](=O)(OCC1O[C@@H](n2ccc(=O)[nH]c2=O)[C@](C)(F)[C@@H]1O)Oc1ccccc1. The van der Waals surface area contributed by atoms with Gasteiger partial charge < -0.3 is 19.1 Å². The van der Waals surface area contributed by atoms with Crippen molar-refractivity contribution < 1.29 is 37.4 Å². The minimum Gasteiger partial charge on any atom is -0.462 e. The number of alkyl halides is 1. The quantitative estimate of drug-likeness (QED) is 0.305. The van der Waals surface area contributed by atoms with E-state index in [1.54, 1.807) is 32.0 Å². The van der Waals surface area contributed by atoms with Crippen molar-refractivity contribution in [1.82, 2.24) is 14.6 Å². The van der Waals surface area contributed by atoms with Gasteiger partial charge in [0.1, 0.15) is 24.0 Å². The van der Waals surface area contributed by atoms with Crippen LogP contribution in [-0.2, 0) is 23.4 Å². The van der Waals surface area contributed by atoms with Gasteiger partial charge in [0.15, 0.2) is 11.9 Å². The summed E-state index contributed by atoms with van der Waals surface area (Å²) >= 11 is 0. The molecule has 1 aromatic heterocycles. The third-order valence-corrected chi connectivity index (χ3v) is 6.90. The molecular weight excluding hydrogens is 500 g/mol. The molecule has 1 unspecified atom stereocenters. The number of hydrogen-bond acceptors (Lipinski definition) is 9. The third-order valence-electron chi connectivity index (χ3n) is 5.26. The topological polar surface area (TPSA) is 158 Å². The highest BCUT2D eigenvalue weighted by Gasteiger charge is 2.55. The summed E-state index contributed by atoms with van der Waals surface area (Å²) < 4.78 is 51.4. The molecule has 1 aliphatic heterocycles. The lowest BCUT2D eigenvalue weighted by Gasteiger charge is -2.25. The van der Waals surface area contributed by atoms with E-state index in [1.807, 2.05) is 4.98 Å². The first-order chi connectivity index (χ1) is 16.8. The molecule has 14 heteroatoms. The summed E-state index contributed by atoms with van der Waals surface area (Å²) in [6.45, 7) is 5.07. The molecule has 3 rings (SSSR count). The summed E-state index contributed by atoms with van der Waals surface area (Å²) in [5.74, 6) is -0.560. The fourth-order valence-corrected chi connectivity index (χ4v) is 4.97. The largest absolute Gasteiger partial charge is 0.462 e. The molecule has 0 bridgehead atoms. The van der Waals surface area contributed by atoms with Crippen LogP contribution in [0.1, 0.15) is 33.9 Å². The molecule has 198 valence electrons. The van der Waals surface area contributed by atoms with Gasteiger partial charge in [-0.3, -0.25) is 23.7 Å². The lowest BCUT2D eigenvalue weighted by atomic mass is 9.98. The molecule has 3 N–H and O–H groups in total. The molecule has 0 aliphatic carbocycles. The van der Waals surface area contributed by atoms with Crippen molar-refractivity contribution in [3.63, 3.8) is 0 Å². The molecule has 2 heterocycles. The molecule has 1 aliphatic rings. The highest BCUT2D eigenvalue weighted by Crippen LogP contribution is 2.47. The summed E-state index contributed by atoms with van der Waals surface area (Å²) in [5, 5.41) is 13.0. The Bertz CT molecular complexity index is 1220. The van der Waals surface area contributed by atoms with Crippen LogP contribution in [0.5, 0.6) is 5.75 Å². The molecule has 1 fully saturated rings. The normalized spacial score (nSPS) is 26.4. The second kappa shape index (κ2) is 11.1. The van der Waals surface area contributed by atoms with Crippen molar-refractivity contribution >= 4 is 13.7 Å². The van der Waals surface area contributed by atoms with E-state index in [4.69, 9.17) is 18.5 Å². The molecule has 1 saturated heterocycles. The van der Waals surface area contributed by atoms with E-state index < -0.39 is 67.8 Å². The van der Waals surface area contributed by atoms with Crippen LogP contribution in [0.4, 0.5) is 4.39 Å². The number of para-hydroxylation sites is 1. The van der Waals surface area contributed by atoms with Gasteiger partial charge in [-0.2, -0.15) is 5.09 Å². The number of aliphatic hydroxyl groups excluding tert-OH is 1. The number of halogens is 1. The molecule has 0 saturated carbocycles. The number of esters is 1. The second-order valence-corrected chi connectivity index (χ2v) is 10.4. The number of rotatable bonds is 10. The summed E-state index contributed by atoms with van der Waals surface area (Å²) in [7, 11) is -4.30. The highest BCUT2D eigenvalue weighted by molar-refractivity contribution is 7.52. The molecule has 0 radical (unpaired) electrons. The number of nitrogens with one attached hydrogen (secondary N) is 2. The number of hydrogen-bond donors (Lipinski definition) is 3. The van der Waals surface area contributed by atoms with Gasteiger partial charge in [0.25, 0.3) is 5.56 Å². The first-order valence-electron chi connectivity index (χ1n) is 11.1. The smallest absolute Gasteiger partial charge is 0.459 e. The van der Waals surface area contributed by atoms with Gasteiger partial charge in [0.05, 0.1) is 12.7 Å². The molecule has 0 spiro atoms. The maximum atomic E-state index is 15.4. The zero-order valence-electron chi connectivity index (χ0n) is 20.1. The Labute approximate surface area is 205 Å². The average Bonchev–Trinajstić information content (AvgIpc) is 3.01. The number of benzene rings is 1. The molecule has 36 heavy (non-hydrogen) atoms. The van der Waals surface area contributed by atoms with Gasteiger partial charge in [-0.05, 0) is 39.8 Å². The molecule has 1 aromatic carbocycles. The summed E-state index contributed by atoms with van der Waals surface area (Å²) in [6.07, 6.45) is -4.21. The monoisotopic (exact) mass is 529 g/mol. The summed E-state index contributed by atoms with van der Waals surface area (Å²) in [4.78, 5) is 37.7. The van der Waals surface area contributed by atoms with E-state index in [1.165, 1.54) is 19.1 Å². The highest BCUT2D eigenvalue weighted by atomic mass is 31.2. The number of carbonyl (C=O) groups is 1. The minimum atomic E-state index is -4.30. The van der Waals surface area contributed by atoms with Gasteiger partial charge in [0.2, 0.25) is 0 Å². The Hall–Kier alpha value is -2.83. The second-order valence-electron chi connectivity index (χ2n) is 8.67. The van der Waals surface area contributed by atoms with Gasteiger partial charge in [0, 0.05) is 12.3 Å². The van der Waals surface area contributed by atoms with Crippen LogP contribution in [-0.4, -0.2) is 57.3 Å². The molecule has 12 nitrogen and oxygen atoms in total. The van der Waals surface area contributed by atoms with E-state index in [0.29, 0.717) is 0 Å². The maximum absolute atomic E-state index is 15.4. The van der Waals surface area contributed by atoms with Crippen molar-refractivity contribution in [1.29, 1.82) is 0 Å². The van der Waals surface area contributed by atoms with Gasteiger partial charge in [-0.15, -0.1) is 0 Å². The number of ether oxygens (including phenoxy) is 2. The third kappa shape index (κ3) is 6.48. The number of nitrogens with zero attached hydrogens (tertiary/aromatic N) is 1. The van der Waals surface area contributed by atoms with Crippen molar-refractivity contribution in [3.8, 4) is 5.75 Å². The lowest BCUT2D eigenvalue weighted by molar-refractivity contribution is -0.149. The van der Waals surface area contributed by atoms with Gasteiger partial charge >= 0.3 is 19.4 Å². The standard InChI is InChI=1S/C22H29FN3O9P/c1-13(2)33-19(29)14(3)25-36(31,35-15-8-6-5-7-9-15)32-12-16-18(28)22(4,23)20(34-16)26-11-10-17(27)24-21(26)30/h5-11,13-14,16,18,20,28H,12H2,1-4H3,(H,25,31)(H,24,27,30)/t14-,16?,18-,20-,22-,36-/m1/s1. The van der Waals surface area contributed by atoms with Crippen LogP contribution in [0.25, 0.3) is 0 Å². The van der Waals surface area contributed by atoms with Crippen LogP contribution < -0.4 is 20.9 Å².